The van der Waals surface area contributed by atoms with Gasteiger partial charge in [0.2, 0.25) is 5.88 Å². The third-order valence-electron chi connectivity index (χ3n) is 2.68. The van der Waals surface area contributed by atoms with Crippen molar-refractivity contribution in [2.24, 2.45) is 0 Å². The number of hydrogen-bond donors (Lipinski definition) is 1. The first kappa shape index (κ1) is 11.7. The van der Waals surface area contributed by atoms with Crippen molar-refractivity contribution in [1.29, 1.82) is 0 Å². The van der Waals surface area contributed by atoms with Gasteiger partial charge in [0, 0.05) is 13.7 Å². The van der Waals surface area contributed by atoms with Gasteiger partial charge in [0.15, 0.2) is 0 Å². The van der Waals surface area contributed by atoms with Crippen LogP contribution in [-0.4, -0.2) is 18.9 Å². The number of aryl methyl sites for hydroxylation is 1. The zero-order valence-corrected chi connectivity index (χ0v) is 9.85. The highest BCUT2D eigenvalue weighted by atomic mass is 16.5. The number of ether oxygens (including phenoxy) is 1. The van der Waals surface area contributed by atoms with Crippen LogP contribution in [0.4, 0.5) is 5.88 Å². The largest absolute Gasteiger partial charge is 0.385 e. The lowest BCUT2D eigenvalue weighted by Crippen LogP contribution is -1.92. The van der Waals surface area contributed by atoms with Gasteiger partial charge in [0.05, 0.1) is 11.8 Å². The number of hydrogen-bond acceptors (Lipinski definition) is 4. The van der Waals surface area contributed by atoms with Crippen molar-refractivity contribution in [2.75, 3.05) is 19.5 Å². The van der Waals surface area contributed by atoms with E-state index in [2.05, 4.69) is 17.3 Å². The van der Waals surface area contributed by atoms with Crippen molar-refractivity contribution < 1.29 is 9.26 Å². The SMILES string of the molecule is COCCCc1ccc(-c2cnoc2N)cc1. The minimum atomic E-state index is 0.358. The predicted molar refractivity (Wildman–Crippen MR) is 66.5 cm³/mol. The smallest absolute Gasteiger partial charge is 0.229 e. The Balaban J connectivity index is 2.06. The van der Waals surface area contributed by atoms with Gasteiger partial charge < -0.3 is 15.0 Å². The summed E-state index contributed by atoms with van der Waals surface area (Å²) in [4.78, 5) is 0. The summed E-state index contributed by atoms with van der Waals surface area (Å²) in [5.74, 6) is 0.358. The second kappa shape index (κ2) is 5.50. The highest BCUT2D eigenvalue weighted by Gasteiger charge is 2.06. The molecule has 0 aliphatic heterocycles. The molecule has 0 atom stereocenters. The van der Waals surface area contributed by atoms with Crippen molar-refractivity contribution in [1.82, 2.24) is 5.16 Å². The normalized spacial score (nSPS) is 10.6. The maximum atomic E-state index is 5.66. The first-order chi connectivity index (χ1) is 8.31. The summed E-state index contributed by atoms with van der Waals surface area (Å²) in [6.45, 7) is 0.792. The Hall–Kier alpha value is -1.81. The van der Waals surface area contributed by atoms with E-state index in [1.807, 2.05) is 12.1 Å². The highest BCUT2D eigenvalue weighted by molar-refractivity contribution is 5.71. The quantitative estimate of drug-likeness (QED) is 0.804. The van der Waals surface area contributed by atoms with Gasteiger partial charge in [0.25, 0.3) is 0 Å². The number of aromatic nitrogens is 1. The second-order valence-electron chi connectivity index (χ2n) is 3.90. The molecule has 0 bridgehead atoms. The molecule has 0 saturated carbocycles. The van der Waals surface area contributed by atoms with Crippen molar-refractivity contribution in [3.63, 3.8) is 0 Å². The molecule has 0 aliphatic rings. The van der Waals surface area contributed by atoms with Gasteiger partial charge in [-0.2, -0.15) is 0 Å². The van der Waals surface area contributed by atoms with E-state index in [0.717, 1.165) is 30.6 Å². The molecule has 0 aliphatic carbocycles. The van der Waals surface area contributed by atoms with Gasteiger partial charge in [-0.25, -0.2) is 0 Å². The third-order valence-corrected chi connectivity index (χ3v) is 2.68. The fraction of sp³-hybridized carbons (Fsp3) is 0.308. The number of methoxy groups -OCH3 is 1. The van der Waals surface area contributed by atoms with E-state index < -0.39 is 0 Å². The van der Waals surface area contributed by atoms with Crippen LogP contribution in [0.1, 0.15) is 12.0 Å². The van der Waals surface area contributed by atoms with Gasteiger partial charge in [-0.05, 0) is 24.0 Å². The molecule has 0 spiro atoms. The molecule has 2 N–H and O–H groups in total. The van der Waals surface area contributed by atoms with Crippen LogP contribution in [-0.2, 0) is 11.2 Å². The summed E-state index contributed by atoms with van der Waals surface area (Å²) in [5, 5.41) is 3.66. The van der Waals surface area contributed by atoms with E-state index in [9.17, 15) is 0 Å². The number of anilines is 1. The summed E-state index contributed by atoms with van der Waals surface area (Å²) in [6, 6.07) is 8.25. The van der Waals surface area contributed by atoms with Gasteiger partial charge >= 0.3 is 0 Å². The van der Waals surface area contributed by atoms with E-state index in [1.165, 1.54) is 5.56 Å². The maximum Gasteiger partial charge on any atom is 0.229 e. The minimum Gasteiger partial charge on any atom is -0.385 e. The Morgan fingerprint density at radius 1 is 1.29 bits per heavy atom. The predicted octanol–water partition coefficient (Wildman–Crippen LogP) is 2.50. The maximum absolute atomic E-state index is 5.66. The van der Waals surface area contributed by atoms with Crippen LogP contribution in [0.15, 0.2) is 35.0 Å². The summed E-state index contributed by atoms with van der Waals surface area (Å²) in [5.41, 5.74) is 8.82. The first-order valence-corrected chi connectivity index (χ1v) is 5.59. The zero-order chi connectivity index (χ0) is 12.1. The van der Waals surface area contributed by atoms with Crippen LogP contribution < -0.4 is 5.73 Å². The summed E-state index contributed by atoms with van der Waals surface area (Å²) in [7, 11) is 1.72. The molecule has 0 unspecified atom stereocenters. The van der Waals surface area contributed by atoms with E-state index in [-0.39, 0.29) is 0 Å². The molecule has 0 saturated heterocycles. The van der Waals surface area contributed by atoms with Gasteiger partial charge in [-0.3, -0.25) is 0 Å². The van der Waals surface area contributed by atoms with E-state index in [4.69, 9.17) is 15.0 Å². The highest BCUT2D eigenvalue weighted by Crippen LogP contribution is 2.25. The lowest BCUT2D eigenvalue weighted by Gasteiger charge is -2.03. The molecule has 1 aromatic carbocycles. The topological polar surface area (TPSA) is 61.3 Å². The standard InChI is InChI=1S/C13H16N2O2/c1-16-8-2-3-10-4-6-11(7-5-10)12-9-15-17-13(12)14/h4-7,9H,2-3,8,14H2,1H3. The number of nitrogens with two attached hydrogens (primary N) is 1. The Morgan fingerprint density at radius 2 is 2.06 bits per heavy atom. The van der Waals surface area contributed by atoms with Crippen LogP contribution in [0.2, 0.25) is 0 Å². The average Bonchev–Trinajstić information content (AvgIpc) is 2.77. The molecule has 4 heteroatoms. The van der Waals surface area contributed by atoms with Crippen LogP contribution in [0.25, 0.3) is 11.1 Å². The van der Waals surface area contributed by atoms with Gasteiger partial charge in [-0.15, -0.1) is 0 Å². The van der Waals surface area contributed by atoms with Crippen molar-refractivity contribution in [3.8, 4) is 11.1 Å². The van der Waals surface area contributed by atoms with E-state index in [1.54, 1.807) is 13.3 Å². The van der Waals surface area contributed by atoms with Crippen molar-refractivity contribution in [2.45, 2.75) is 12.8 Å². The fourth-order valence-electron chi connectivity index (χ4n) is 1.74. The molecule has 1 aromatic heterocycles. The molecular weight excluding hydrogens is 216 g/mol. The van der Waals surface area contributed by atoms with Crippen LogP contribution >= 0.6 is 0 Å². The monoisotopic (exact) mass is 232 g/mol. The Labute approximate surface area is 100 Å². The third kappa shape index (κ3) is 2.85. The summed E-state index contributed by atoms with van der Waals surface area (Å²) < 4.78 is 9.86. The van der Waals surface area contributed by atoms with Gasteiger partial charge in [0.1, 0.15) is 0 Å². The Kier molecular flexibility index (Phi) is 3.77. The second-order valence-corrected chi connectivity index (χ2v) is 3.90. The molecule has 2 aromatic rings. The van der Waals surface area contributed by atoms with Crippen molar-refractivity contribution >= 4 is 5.88 Å². The Bertz CT molecular complexity index is 463. The molecular formula is C13H16N2O2. The molecule has 4 nitrogen and oxygen atoms in total. The zero-order valence-electron chi connectivity index (χ0n) is 9.85. The van der Waals surface area contributed by atoms with E-state index >= 15 is 0 Å². The molecule has 0 fully saturated rings. The summed E-state index contributed by atoms with van der Waals surface area (Å²) in [6.07, 6.45) is 3.69. The molecule has 2 rings (SSSR count). The fourth-order valence-corrected chi connectivity index (χ4v) is 1.74. The van der Waals surface area contributed by atoms with Crippen LogP contribution in [0, 0.1) is 0 Å². The van der Waals surface area contributed by atoms with Crippen LogP contribution in [0.3, 0.4) is 0 Å². The first-order valence-electron chi connectivity index (χ1n) is 5.59. The molecule has 0 amide bonds. The molecule has 0 radical (unpaired) electrons. The number of nitrogens with zero attached hydrogens (tertiary/aromatic N) is 1. The average molecular weight is 232 g/mol. The van der Waals surface area contributed by atoms with Gasteiger partial charge in [-0.1, -0.05) is 29.4 Å². The number of benzene rings is 1. The summed E-state index contributed by atoms with van der Waals surface area (Å²) >= 11 is 0. The lowest BCUT2D eigenvalue weighted by atomic mass is 10.0. The van der Waals surface area contributed by atoms with Crippen molar-refractivity contribution in [3.05, 3.63) is 36.0 Å². The Morgan fingerprint density at radius 3 is 2.65 bits per heavy atom. The minimum absolute atomic E-state index is 0.358. The van der Waals surface area contributed by atoms with E-state index in [0.29, 0.717) is 5.88 Å². The number of nitrogen functional groups attached to an aromatic ring is 1. The molecule has 90 valence electrons. The molecule has 1 heterocycles. The number of rotatable bonds is 5. The van der Waals surface area contributed by atoms with Crippen LogP contribution in [0.5, 0.6) is 0 Å². The lowest BCUT2D eigenvalue weighted by molar-refractivity contribution is 0.195. The molecule has 17 heavy (non-hydrogen) atoms.